The number of likely N-dealkylation sites (N-methyl/N-ethyl adjacent to an activating group) is 1. The number of nitrogens with one attached hydrogen (secondary N) is 1. The molecule has 1 heterocycles. The van der Waals surface area contributed by atoms with E-state index in [0.717, 1.165) is 0 Å². The van der Waals surface area contributed by atoms with Gasteiger partial charge in [0.15, 0.2) is 6.10 Å². The fourth-order valence-electron chi connectivity index (χ4n) is 2.28. The molecule has 1 amide bonds. The van der Waals surface area contributed by atoms with Gasteiger partial charge in [0.05, 0.1) is 13.2 Å². The lowest BCUT2D eigenvalue weighted by Gasteiger charge is -2.24. The highest BCUT2D eigenvalue weighted by Gasteiger charge is 2.21. The molecule has 0 aliphatic heterocycles. The largest absolute Gasteiger partial charge is 0.497 e. The van der Waals surface area contributed by atoms with E-state index >= 15 is 0 Å². The maximum Gasteiger partial charge on any atom is 0.253 e. The predicted octanol–water partition coefficient (Wildman–Crippen LogP) is 2.21. The number of aliphatic hydroxyl groups is 1. The van der Waals surface area contributed by atoms with Crippen LogP contribution in [0.5, 0.6) is 5.75 Å². The normalized spacial score (nSPS) is 13.6. The lowest BCUT2D eigenvalue weighted by Crippen LogP contribution is -2.36. The molecule has 2 atom stereocenters. The molecule has 5 nitrogen and oxygen atoms in total. The van der Waals surface area contributed by atoms with Gasteiger partial charge < -0.3 is 20.1 Å². The van der Waals surface area contributed by atoms with Gasteiger partial charge in [-0.3, -0.25) is 4.79 Å². The molecule has 2 aromatic rings. The van der Waals surface area contributed by atoms with Crippen LogP contribution in [-0.2, 0) is 4.79 Å². The Kier molecular flexibility index (Phi) is 6.15. The van der Waals surface area contributed by atoms with Gasteiger partial charge in [-0.15, -0.1) is 11.3 Å². The van der Waals surface area contributed by atoms with Crippen molar-refractivity contribution in [3.05, 3.63) is 52.2 Å². The first-order valence-electron chi connectivity index (χ1n) is 7.32. The topological polar surface area (TPSA) is 61.8 Å². The number of benzene rings is 1. The zero-order valence-electron chi connectivity index (χ0n) is 13.5. The second-order valence-corrected chi connectivity index (χ2v) is 6.40. The van der Waals surface area contributed by atoms with E-state index in [4.69, 9.17) is 4.74 Å². The Hall–Kier alpha value is -1.89. The van der Waals surface area contributed by atoms with Crippen molar-refractivity contribution in [1.29, 1.82) is 0 Å². The number of methoxy groups -OCH3 is 1. The van der Waals surface area contributed by atoms with Crippen LogP contribution < -0.4 is 10.1 Å². The molecule has 0 fully saturated rings. The lowest BCUT2D eigenvalue weighted by molar-refractivity contribution is -0.129. The summed E-state index contributed by atoms with van der Waals surface area (Å²) in [6.07, 6.45) is -1.21. The third-order valence-corrected chi connectivity index (χ3v) is 4.60. The van der Waals surface area contributed by atoms with Gasteiger partial charge in [-0.1, -0.05) is 18.2 Å². The van der Waals surface area contributed by atoms with Crippen LogP contribution >= 0.6 is 11.3 Å². The van der Waals surface area contributed by atoms with Crippen LogP contribution in [0, 0.1) is 0 Å². The molecular weight excluding hydrogens is 312 g/mol. The number of aliphatic hydroxyl groups excluding tert-OH is 1. The van der Waals surface area contributed by atoms with Crippen LogP contribution in [0.1, 0.15) is 22.6 Å². The third-order valence-electron chi connectivity index (χ3n) is 3.62. The molecule has 2 unspecified atom stereocenters. The number of ether oxygens (including phenoxy) is 1. The quantitative estimate of drug-likeness (QED) is 0.815. The molecule has 0 aliphatic rings. The van der Waals surface area contributed by atoms with Gasteiger partial charge in [0.2, 0.25) is 0 Å². The summed E-state index contributed by atoms with van der Waals surface area (Å²) in [6.45, 7) is 0.438. The molecule has 2 N–H and O–H groups in total. The van der Waals surface area contributed by atoms with E-state index in [1.54, 1.807) is 42.7 Å². The number of amides is 1. The zero-order chi connectivity index (χ0) is 16.8. The minimum absolute atomic E-state index is 0.0801. The Bertz CT molecular complexity index is 629. The minimum atomic E-state index is -1.21. The van der Waals surface area contributed by atoms with Crippen molar-refractivity contribution in [2.24, 2.45) is 0 Å². The molecule has 0 saturated carbocycles. The number of hydrogen-bond acceptors (Lipinski definition) is 5. The Morgan fingerprint density at radius 1 is 1.35 bits per heavy atom. The molecule has 23 heavy (non-hydrogen) atoms. The van der Waals surface area contributed by atoms with Crippen LogP contribution in [0.25, 0.3) is 0 Å². The summed E-state index contributed by atoms with van der Waals surface area (Å²) in [5.74, 6) is 0.195. The first kappa shape index (κ1) is 17.5. The van der Waals surface area contributed by atoms with Crippen molar-refractivity contribution in [3.8, 4) is 5.75 Å². The van der Waals surface area contributed by atoms with Crippen molar-refractivity contribution in [2.45, 2.75) is 12.1 Å². The smallest absolute Gasteiger partial charge is 0.253 e. The van der Waals surface area contributed by atoms with Crippen LogP contribution in [-0.4, -0.2) is 43.7 Å². The molecule has 0 radical (unpaired) electrons. The van der Waals surface area contributed by atoms with E-state index in [1.807, 2.05) is 36.5 Å². The van der Waals surface area contributed by atoms with Crippen molar-refractivity contribution in [3.63, 3.8) is 0 Å². The van der Waals surface area contributed by atoms with Gasteiger partial charge in [0.25, 0.3) is 5.91 Å². The Balaban J connectivity index is 2.00. The van der Waals surface area contributed by atoms with Crippen molar-refractivity contribution in [1.82, 2.24) is 10.2 Å². The highest BCUT2D eigenvalue weighted by molar-refractivity contribution is 7.10. The fraction of sp³-hybridized carbons (Fsp3) is 0.353. The number of nitrogens with zero attached hydrogens (tertiary/aromatic N) is 1. The van der Waals surface area contributed by atoms with Crippen LogP contribution in [0.2, 0.25) is 0 Å². The van der Waals surface area contributed by atoms with Crippen molar-refractivity contribution < 1.29 is 14.6 Å². The summed E-state index contributed by atoms with van der Waals surface area (Å²) < 4.78 is 5.12. The Morgan fingerprint density at radius 3 is 2.74 bits per heavy atom. The second-order valence-electron chi connectivity index (χ2n) is 5.42. The fourth-order valence-corrected chi connectivity index (χ4v) is 3.20. The summed E-state index contributed by atoms with van der Waals surface area (Å²) in [4.78, 5) is 15.4. The SMILES string of the molecule is COc1cccc(C(O)C(=O)NCC(c2cccs2)N(C)C)c1. The van der Waals surface area contributed by atoms with E-state index in [-0.39, 0.29) is 6.04 Å². The van der Waals surface area contributed by atoms with Crippen LogP contribution in [0.15, 0.2) is 41.8 Å². The highest BCUT2D eigenvalue weighted by Crippen LogP contribution is 2.23. The summed E-state index contributed by atoms with van der Waals surface area (Å²) in [7, 11) is 5.48. The van der Waals surface area contributed by atoms with Gasteiger partial charge in [-0.2, -0.15) is 0 Å². The molecule has 0 aliphatic carbocycles. The standard InChI is InChI=1S/C17H22N2O3S/c1-19(2)14(15-8-5-9-23-15)11-18-17(21)16(20)12-6-4-7-13(10-12)22-3/h4-10,14,16,20H,11H2,1-3H3,(H,18,21). The van der Waals surface area contributed by atoms with Crippen molar-refractivity contribution >= 4 is 17.2 Å². The number of hydrogen-bond donors (Lipinski definition) is 2. The van der Waals surface area contributed by atoms with Crippen molar-refractivity contribution in [2.75, 3.05) is 27.7 Å². The van der Waals surface area contributed by atoms with Gasteiger partial charge >= 0.3 is 0 Å². The molecule has 1 aromatic heterocycles. The average molecular weight is 334 g/mol. The van der Waals surface area contributed by atoms with E-state index in [2.05, 4.69) is 5.32 Å². The van der Waals surface area contributed by atoms with E-state index in [1.165, 1.54) is 4.88 Å². The predicted molar refractivity (Wildman–Crippen MR) is 91.7 cm³/mol. The summed E-state index contributed by atoms with van der Waals surface area (Å²) >= 11 is 1.65. The highest BCUT2D eigenvalue weighted by atomic mass is 32.1. The summed E-state index contributed by atoms with van der Waals surface area (Å²) in [5, 5.41) is 15.0. The summed E-state index contributed by atoms with van der Waals surface area (Å²) in [6, 6.07) is 11.0. The molecule has 6 heteroatoms. The molecule has 2 rings (SSSR count). The minimum Gasteiger partial charge on any atom is -0.497 e. The number of carbonyl (C=O) groups is 1. The van der Waals surface area contributed by atoms with E-state index in [9.17, 15) is 9.90 Å². The van der Waals surface area contributed by atoms with Gasteiger partial charge in [-0.25, -0.2) is 0 Å². The molecule has 0 spiro atoms. The Labute approximate surface area is 140 Å². The lowest BCUT2D eigenvalue weighted by atomic mass is 10.1. The monoisotopic (exact) mass is 334 g/mol. The molecule has 124 valence electrons. The van der Waals surface area contributed by atoms with Gasteiger partial charge in [-0.05, 0) is 43.2 Å². The molecule has 1 aromatic carbocycles. The third kappa shape index (κ3) is 4.54. The average Bonchev–Trinajstić information content (AvgIpc) is 3.08. The number of thiophene rings is 1. The van der Waals surface area contributed by atoms with Gasteiger partial charge in [0, 0.05) is 11.4 Å². The second kappa shape index (κ2) is 8.10. The number of rotatable bonds is 7. The summed E-state index contributed by atoms with van der Waals surface area (Å²) in [5.41, 5.74) is 0.513. The Morgan fingerprint density at radius 2 is 2.13 bits per heavy atom. The van der Waals surface area contributed by atoms with Gasteiger partial charge in [0.1, 0.15) is 5.75 Å². The van der Waals surface area contributed by atoms with E-state index in [0.29, 0.717) is 17.9 Å². The van der Waals surface area contributed by atoms with Crippen LogP contribution in [0.3, 0.4) is 0 Å². The van der Waals surface area contributed by atoms with Crippen LogP contribution in [0.4, 0.5) is 0 Å². The maximum absolute atomic E-state index is 12.2. The molecule has 0 bridgehead atoms. The number of carbonyl (C=O) groups excluding carboxylic acids is 1. The first-order chi connectivity index (χ1) is 11.0. The maximum atomic E-state index is 12.2. The van der Waals surface area contributed by atoms with E-state index < -0.39 is 12.0 Å². The first-order valence-corrected chi connectivity index (χ1v) is 8.20. The zero-order valence-corrected chi connectivity index (χ0v) is 14.3. The molecule has 0 saturated heterocycles. The molecular formula is C17H22N2O3S.